The van der Waals surface area contributed by atoms with E-state index in [9.17, 15) is 4.79 Å². The van der Waals surface area contributed by atoms with Crippen LogP contribution in [-0.2, 0) is 9.53 Å². The topological polar surface area (TPSA) is 50.4 Å². The van der Waals surface area contributed by atoms with Crippen LogP contribution >= 0.6 is 11.3 Å². The maximum Gasteiger partial charge on any atom is 0.234 e. The van der Waals surface area contributed by atoms with Crippen LogP contribution in [0.2, 0.25) is 0 Å². The van der Waals surface area contributed by atoms with E-state index in [0.717, 1.165) is 0 Å². The number of thiophene rings is 1. The van der Waals surface area contributed by atoms with E-state index in [1.807, 2.05) is 6.07 Å². The van der Waals surface area contributed by atoms with Crippen molar-refractivity contribution in [1.29, 1.82) is 0 Å². The monoisotopic (exact) mass is 270 g/mol. The van der Waals surface area contributed by atoms with Gasteiger partial charge in [0.25, 0.3) is 0 Å². The second kappa shape index (κ2) is 8.24. The summed E-state index contributed by atoms with van der Waals surface area (Å²) in [7, 11) is 1.62. The Morgan fingerprint density at radius 1 is 1.50 bits per heavy atom. The van der Waals surface area contributed by atoms with E-state index in [0.29, 0.717) is 25.6 Å². The molecule has 0 bridgehead atoms. The van der Waals surface area contributed by atoms with Gasteiger partial charge in [0.2, 0.25) is 5.91 Å². The lowest BCUT2D eigenvalue weighted by Gasteiger charge is -2.21. The van der Waals surface area contributed by atoms with E-state index >= 15 is 0 Å². The van der Waals surface area contributed by atoms with Crippen molar-refractivity contribution in [3.05, 3.63) is 22.4 Å². The molecule has 1 rings (SSSR count). The van der Waals surface area contributed by atoms with Crippen LogP contribution in [0.4, 0.5) is 0 Å². The standard InChI is InChI=1S/C13H22N2O2S/c1-10(2)13(11-5-4-8-18-11)15-9-12(16)14-6-7-17-3/h4-5,8,10,13,15H,6-7,9H2,1-3H3,(H,14,16). The lowest BCUT2D eigenvalue weighted by molar-refractivity contribution is -0.120. The van der Waals surface area contributed by atoms with E-state index in [1.54, 1.807) is 18.4 Å². The van der Waals surface area contributed by atoms with Crippen molar-refractivity contribution in [3.8, 4) is 0 Å². The van der Waals surface area contributed by atoms with Crippen LogP contribution < -0.4 is 10.6 Å². The van der Waals surface area contributed by atoms with Crippen LogP contribution in [0.25, 0.3) is 0 Å². The zero-order valence-electron chi connectivity index (χ0n) is 11.2. The lowest BCUT2D eigenvalue weighted by Crippen LogP contribution is -2.38. The van der Waals surface area contributed by atoms with Gasteiger partial charge >= 0.3 is 0 Å². The van der Waals surface area contributed by atoms with Gasteiger partial charge in [-0.1, -0.05) is 19.9 Å². The van der Waals surface area contributed by atoms with Crippen LogP contribution in [0.3, 0.4) is 0 Å². The number of rotatable bonds is 8. The summed E-state index contributed by atoms with van der Waals surface area (Å²) in [4.78, 5) is 12.9. The molecule has 5 heteroatoms. The summed E-state index contributed by atoms with van der Waals surface area (Å²) in [5, 5.41) is 8.17. The fraction of sp³-hybridized carbons (Fsp3) is 0.615. The van der Waals surface area contributed by atoms with Gasteiger partial charge in [-0.25, -0.2) is 0 Å². The molecule has 1 aromatic rings. The normalized spacial score (nSPS) is 12.7. The van der Waals surface area contributed by atoms with Crippen molar-refractivity contribution in [2.24, 2.45) is 5.92 Å². The summed E-state index contributed by atoms with van der Waals surface area (Å²) >= 11 is 1.72. The molecule has 0 aromatic carbocycles. The third kappa shape index (κ3) is 5.16. The van der Waals surface area contributed by atoms with Gasteiger partial charge in [0.05, 0.1) is 13.2 Å². The smallest absolute Gasteiger partial charge is 0.234 e. The number of amides is 1. The van der Waals surface area contributed by atoms with Crippen molar-refractivity contribution in [1.82, 2.24) is 10.6 Å². The van der Waals surface area contributed by atoms with Crippen molar-refractivity contribution < 1.29 is 9.53 Å². The van der Waals surface area contributed by atoms with Gasteiger partial charge in [-0.3, -0.25) is 4.79 Å². The van der Waals surface area contributed by atoms with Crippen molar-refractivity contribution in [2.75, 3.05) is 26.8 Å². The average molecular weight is 270 g/mol. The highest BCUT2D eigenvalue weighted by Crippen LogP contribution is 2.25. The molecule has 0 aliphatic heterocycles. The second-order valence-corrected chi connectivity index (χ2v) is 5.44. The largest absolute Gasteiger partial charge is 0.383 e. The zero-order valence-corrected chi connectivity index (χ0v) is 12.0. The second-order valence-electron chi connectivity index (χ2n) is 4.46. The van der Waals surface area contributed by atoms with Gasteiger partial charge in [0.1, 0.15) is 0 Å². The summed E-state index contributed by atoms with van der Waals surface area (Å²) in [6.45, 7) is 5.75. The molecule has 1 heterocycles. The maximum atomic E-state index is 11.6. The molecule has 2 N–H and O–H groups in total. The number of nitrogens with one attached hydrogen (secondary N) is 2. The van der Waals surface area contributed by atoms with Gasteiger partial charge in [0.15, 0.2) is 0 Å². The van der Waals surface area contributed by atoms with Crippen LogP contribution in [0.1, 0.15) is 24.8 Å². The molecule has 1 amide bonds. The lowest BCUT2D eigenvalue weighted by atomic mass is 10.0. The van der Waals surface area contributed by atoms with Crippen molar-refractivity contribution in [3.63, 3.8) is 0 Å². The summed E-state index contributed by atoms with van der Waals surface area (Å²) in [6, 6.07) is 4.37. The van der Waals surface area contributed by atoms with E-state index in [2.05, 4.69) is 35.9 Å². The molecule has 0 spiro atoms. The third-order valence-electron chi connectivity index (χ3n) is 2.63. The summed E-state index contributed by atoms with van der Waals surface area (Å²) in [5.74, 6) is 0.463. The third-order valence-corrected chi connectivity index (χ3v) is 3.58. The minimum absolute atomic E-state index is 0.00857. The Morgan fingerprint density at radius 2 is 2.28 bits per heavy atom. The van der Waals surface area contributed by atoms with Gasteiger partial charge in [-0.05, 0) is 17.4 Å². The van der Waals surface area contributed by atoms with E-state index in [4.69, 9.17) is 4.74 Å². The Labute approximate surface area is 113 Å². The molecule has 1 atom stereocenters. The average Bonchev–Trinajstić information content (AvgIpc) is 2.83. The van der Waals surface area contributed by atoms with Crippen LogP contribution in [0, 0.1) is 5.92 Å². The Morgan fingerprint density at radius 3 is 2.83 bits per heavy atom. The van der Waals surface area contributed by atoms with Gasteiger partial charge in [-0.15, -0.1) is 11.3 Å². The molecular formula is C13H22N2O2S. The molecule has 0 saturated heterocycles. The predicted octanol–water partition coefficient (Wildman–Crippen LogP) is 1.80. The van der Waals surface area contributed by atoms with Crippen molar-refractivity contribution >= 4 is 17.2 Å². The Hall–Kier alpha value is -0.910. The van der Waals surface area contributed by atoms with Gasteiger partial charge in [0, 0.05) is 24.6 Å². The van der Waals surface area contributed by atoms with Crippen LogP contribution in [-0.4, -0.2) is 32.7 Å². The molecule has 18 heavy (non-hydrogen) atoms. The number of ether oxygens (including phenoxy) is 1. The molecule has 0 saturated carbocycles. The van der Waals surface area contributed by atoms with Gasteiger partial charge in [-0.2, -0.15) is 0 Å². The molecule has 0 aliphatic carbocycles. The summed E-state index contributed by atoms with van der Waals surface area (Å²) < 4.78 is 4.88. The first-order valence-corrected chi connectivity index (χ1v) is 7.05. The Balaban J connectivity index is 2.37. The minimum atomic E-state index is 0.00857. The highest BCUT2D eigenvalue weighted by molar-refractivity contribution is 7.10. The molecule has 0 fully saturated rings. The molecule has 1 aromatic heterocycles. The SMILES string of the molecule is COCCNC(=O)CNC(c1cccs1)C(C)C. The number of carbonyl (C=O) groups is 1. The number of hydrogen-bond donors (Lipinski definition) is 2. The van der Waals surface area contributed by atoms with Crippen LogP contribution in [0.5, 0.6) is 0 Å². The molecular weight excluding hydrogens is 248 g/mol. The molecule has 0 radical (unpaired) electrons. The predicted molar refractivity (Wildman–Crippen MR) is 74.8 cm³/mol. The first-order chi connectivity index (χ1) is 8.65. The molecule has 102 valence electrons. The Kier molecular flexibility index (Phi) is 6.93. The zero-order chi connectivity index (χ0) is 13.4. The summed E-state index contributed by atoms with van der Waals surface area (Å²) in [5.41, 5.74) is 0. The molecule has 1 unspecified atom stereocenters. The maximum absolute atomic E-state index is 11.6. The van der Waals surface area contributed by atoms with E-state index in [-0.39, 0.29) is 11.9 Å². The molecule has 0 aliphatic rings. The highest BCUT2D eigenvalue weighted by atomic mass is 32.1. The van der Waals surface area contributed by atoms with E-state index in [1.165, 1.54) is 4.88 Å². The fourth-order valence-corrected chi connectivity index (χ4v) is 2.66. The number of hydrogen-bond acceptors (Lipinski definition) is 4. The number of methoxy groups -OCH3 is 1. The van der Waals surface area contributed by atoms with Gasteiger partial charge < -0.3 is 15.4 Å². The van der Waals surface area contributed by atoms with E-state index < -0.39 is 0 Å². The van der Waals surface area contributed by atoms with Crippen LogP contribution in [0.15, 0.2) is 17.5 Å². The highest BCUT2D eigenvalue weighted by Gasteiger charge is 2.17. The van der Waals surface area contributed by atoms with Crippen molar-refractivity contribution in [2.45, 2.75) is 19.9 Å². The first-order valence-electron chi connectivity index (χ1n) is 6.17. The fourth-order valence-electron chi connectivity index (χ4n) is 1.69. The summed E-state index contributed by atoms with van der Waals surface area (Å²) in [6.07, 6.45) is 0. The molecule has 4 nitrogen and oxygen atoms in total. The minimum Gasteiger partial charge on any atom is -0.383 e. The quantitative estimate of drug-likeness (QED) is 0.708. The Bertz CT molecular complexity index is 339. The number of carbonyl (C=O) groups excluding carboxylic acids is 1. The first kappa shape index (κ1) is 15.1.